The Morgan fingerprint density at radius 2 is 2.10 bits per heavy atom. The summed E-state index contributed by atoms with van der Waals surface area (Å²) < 4.78 is 26.7. The van der Waals surface area contributed by atoms with Gasteiger partial charge in [-0.05, 0) is 47.5 Å². The summed E-state index contributed by atoms with van der Waals surface area (Å²) in [6.45, 7) is 2.71. The molecule has 0 amide bonds. The minimum atomic E-state index is -3.65. The van der Waals surface area contributed by atoms with E-state index >= 15 is 0 Å². The number of hydrogen-bond donors (Lipinski definition) is 1. The molecule has 7 heteroatoms. The van der Waals surface area contributed by atoms with Gasteiger partial charge < -0.3 is 5.11 Å². The maximum absolute atomic E-state index is 12.5. The molecule has 0 bridgehead atoms. The summed E-state index contributed by atoms with van der Waals surface area (Å²) >= 11 is 3.10. The predicted molar refractivity (Wildman–Crippen MR) is 78.2 cm³/mol. The molecule has 1 aromatic rings. The number of carbonyl (C=O) groups is 1. The lowest BCUT2D eigenvalue weighted by atomic mass is 10.1. The van der Waals surface area contributed by atoms with Crippen molar-refractivity contribution < 1.29 is 18.3 Å². The van der Waals surface area contributed by atoms with E-state index < -0.39 is 16.0 Å². The van der Waals surface area contributed by atoms with Gasteiger partial charge in [0.05, 0.1) is 10.5 Å². The number of hydrogen-bond acceptors (Lipinski definition) is 3. The van der Waals surface area contributed by atoms with Crippen molar-refractivity contribution in [2.45, 2.75) is 18.2 Å². The van der Waals surface area contributed by atoms with Crippen LogP contribution in [0.1, 0.15) is 23.7 Å². The first-order valence-corrected chi connectivity index (χ1v) is 8.24. The summed E-state index contributed by atoms with van der Waals surface area (Å²) in [4.78, 5) is 11.1. The van der Waals surface area contributed by atoms with Gasteiger partial charge in [0.15, 0.2) is 0 Å². The third kappa shape index (κ3) is 2.94. The van der Waals surface area contributed by atoms with Crippen molar-refractivity contribution in [2.24, 2.45) is 0 Å². The zero-order valence-corrected chi connectivity index (χ0v) is 13.2. The zero-order valence-electron chi connectivity index (χ0n) is 10.8. The lowest BCUT2D eigenvalue weighted by molar-refractivity contribution is 0.0695. The average molecular weight is 360 g/mol. The van der Waals surface area contributed by atoms with Crippen LogP contribution < -0.4 is 0 Å². The van der Waals surface area contributed by atoms with Crippen LogP contribution in [0, 0.1) is 0 Å². The number of nitrogens with zero attached hydrogens (tertiary/aromatic N) is 1. The maximum atomic E-state index is 12.5. The molecule has 108 valence electrons. The van der Waals surface area contributed by atoms with E-state index in [1.54, 1.807) is 0 Å². The molecule has 1 heterocycles. The highest BCUT2D eigenvalue weighted by molar-refractivity contribution is 9.10. The van der Waals surface area contributed by atoms with Crippen LogP contribution in [0.5, 0.6) is 0 Å². The predicted octanol–water partition coefficient (Wildman–Crippen LogP) is 2.49. The first-order valence-electron chi connectivity index (χ1n) is 6.01. The third-order valence-corrected chi connectivity index (χ3v) is 5.76. The van der Waals surface area contributed by atoms with Crippen LogP contribution in [-0.4, -0.2) is 36.9 Å². The van der Waals surface area contributed by atoms with Crippen LogP contribution in [-0.2, 0) is 10.0 Å². The lowest BCUT2D eigenvalue weighted by Gasteiger charge is -2.24. The molecule has 0 radical (unpaired) electrons. The van der Waals surface area contributed by atoms with E-state index in [2.05, 4.69) is 15.9 Å². The van der Waals surface area contributed by atoms with Crippen LogP contribution in [0.15, 0.2) is 39.2 Å². The highest BCUT2D eigenvalue weighted by Gasteiger charge is 2.26. The Kier molecular flexibility index (Phi) is 4.31. The number of carboxylic acid groups (broad SMARTS) is 1. The van der Waals surface area contributed by atoms with E-state index in [4.69, 9.17) is 5.11 Å². The molecule has 0 aromatic heterocycles. The minimum absolute atomic E-state index is 0.00560. The summed E-state index contributed by atoms with van der Waals surface area (Å²) in [7, 11) is -3.65. The topological polar surface area (TPSA) is 74.7 Å². The summed E-state index contributed by atoms with van der Waals surface area (Å²) in [5.74, 6) is -1.16. The summed E-state index contributed by atoms with van der Waals surface area (Å²) in [5.41, 5.74) is 1.10. The fraction of sp³-hybridized carbons (Fsp3) is 0.308. The molecule has 0 aliphatic carbocycles. The Balaban J connectivity index is 2.40. The van der Waals surface area contributed by atoms with Crippen LogP contribution in [0.2, 0.25) is 0 Å². The van der Waals surface area contributed by atoms with E-state index in [0.29, 0.717) is 24.0 Å². The smallest absolute Gasteiger partial charge is 0.336 e. The van der Waals surface area contributed by atoms with Gasteiger partial charge in [-0.25, -0.2) is 13.2 Å². The van der Waals surface area contributed by atoms with E-state index in [0.717, 1.165) is 0 Å². The number of sulfonamides is 1. The molecule has 1 aromatic carbocycles. The van der Waals surface area contributed by atoms with Gasteiger partial charge in [0.25, 0.3) is 0 Å². The molecule has 0 saturated heterocycles. The molecule has 1 aliphatic rings. The second kappa shape index (κ2) is 5.67. The molecule has 1 aliphatic heterocycles. The molecule has 20 heavy (non-hydrogen) atoms. The Labute approximate surface area is 126 Å². The van der Waals surface area contributed by atoms with E-state index in [1.807, 2.05) is 13.0 Å². The maximum Gasteiger partial charge on any atom is 0.336 e. The molecule has 0 spiro atoms. The van der Waals surface area contributed by atoms with E-state index in [-0.39, 0.29) is 10.5 Å². The molecule has 0 saturated carbocycles. The Bertz CT molecular complexity index is 682. The number of benzene rings is 1. The van der Waals surface area contributed by atoms with Crippen molar-refractivity contribution in [3.8, 4) is 0 Å². The normalized spacial score (nSPS) is 16.8. The zero-order chi connectivity index (χ0) is 14.9. The molecule has 0 atom stereocenters. The lowest BCUT2D eigenvalue weighted by Crippen LogP contribution is -2.34. The Morgan fingerprint density at radius 1 is 1.40 bits per heavy atom. The molecular weight excluding hydrogens is 346 g/mol. The average Bonchev–Trinajstić information content (AvgIpc) is 2.39. The molecule has 2 rings (SSSR count). The highest BCUT2D eigenvalue weighted by Crippen LogP contribution is 2.25. The SMILES string of the molecule is CC1=CCN(S(=O)(=O)c2ccc(Br)c(C(=O)O)c2)CC1. The van der Waals surface area contributed by atoms with Crippen molar-refractivity contribution >= 4 is 31.9 Å². The number of halogens is 1. The van der Waals surface area contributed by atoms with Gasteiger partial charge in [0.2, 0.25) is 10.0 Å². The van der Waals surface area contributed by atoms with Crippen LogP contribution in [0.3, 0.4) is 0 Å². The van der Waals surface area contributed by atoms with Gasteiger partial charge in [0, 0.05) is 17.6 Å². The highest BCUT2D eigenvalue weighted by atomic mass is 79.9. The Morgan fingerprint density at radius 3 is 2.65 bits per heavy atom. The van der Waals surface area contributed by atoms with Crippen LogP contribution >= 0.6 is 15.9 Å². The van der Waals surface area contributed by atoms with E-state index in [1.165, 1.54) is 28.1 Å². The summed E-state index contributed by atoms with van der Waals surface area (Å²) in [5, 5.41) is 9.05. The second-order valence-corrected chi connectivity index (χ2v) is 7.40. The first kappa shape index (κ1) is 15.2. The van der Waals surface area contributed by atoms with Crippen molar-refractivity contribution in [3.63, 3.8) is 0 Å². The van der Waals surface area contributed by atoms with Gasteiger partial charge in [-0.15, -0.1) is 0 Å². The van der Waals surface area contributed by atoms with Gasteiger partial charge in [0.1, 0.15) is 0 Å². The fourth-order valence-corrected chi connectivity index (χ4v) is 3.77. The standard InChI is InChI=1S/C13H14BrNO4S/c1-9-4-6-15(7-5-9)20(18,19)10-2-3-12(14)11(8-10)13(16)17/h2-4,8H,5-7H2,1H3,(H,16,17). The minimum Gasteiger partial charge on any atom is -0.478 e. The first-order chi connectivity index (χ1) is 9.32. The molecular formula is C13H14BrNO4S. The number of aromatic carboxylic acids is 1. The van der Waals surface area contributed by atoms with Crippen LogP contribution in [0.25, 0.3) is 0 Å². The molecule has 0 fully saturated rings. The van der Waals surface area contributed by atoms with Crippen LogP contribution in [0.4, 0.5) is 0 Å². The quantitative estimate of drug-likeness (QED) is 0.841. The molecule has 5 nitrogen and oxygen atoms in total. The number of rotatable bonds is 3. The molecule has 1 N–H and O–H groups in total. The Hall–Kier alpha value is -1.18. The number of carboxylic acids is 1. The van der Waals surface area contributed by atoms with Crippen molar-refractivity contribution in [1.82, 2.24) is 4.31 Å². The third-order valence-electron chi connectivity index (χ3n) is 3.20. The molecule has 0 unspecified atom stereocenters. The van der Waals surface area contributed by atoms with Crippen molar-refractivity contribution in [2.75, 3.05) is 13.1 Å². The summed E-state index contributed by atoms with van der Waals surface area (Å²) in [6.07, 6.45) is 2.57. The fourth-order valence-electron chi connectivity index (χ4n) is 1.95. The van der Waals surface area contributed by atoms with Gasteiger partial charge in [-0.2, -0.15) is 4.31 Å². The van der Waals surface area contributed by atoms with Crippen molar-refractivity contribution in [1.29, 1.82) is 0 Å². The second-order valence-electron chi connectivity index (χ2n) is 4.61. The summed E-state index contributed by atoms with van der Waals surface area (Å²) in [6, 6.07) is 4.05. The van der Waals surface area contributed by atoms with Gasteiger partial charge >= 0.3 is 5.97 Å². The van der Waals surface area contributed by atoms with Gasteiger partial charge in [-0.1, -0.05) is 11.6 Å². The largest absolute Gasteiger partial charge is 0.478 e. The van der Waals surface area contributed by atoms with Crippen molar-refractivity contribution in [3.05, 3.63) is 39.9 Å². The monoisotopic (exact) mass is 359 g/mol. The van der Waals surface area contributed by atoms with E-state index in [9.17, 15) is 13.2 Å². The van der Waals surface area contributed by atoms with Gasteiger partial charge in [-0.3, -0.25) is 0 Å².